The van der Waals surface area contributed by atoms with Gasteiger partial charge in [-0.1, -0.05) is 16.8 Å². The number of nitrogen functional groups attached to an aromatic ring is 1. The van der Waals surface area contributed by atoms with Gasteiger partial charge in [-0.15, -0.1) is 0 Å². The number of oxime groups is 1. The van der Waals surface area contributed by atoms with Crippen LogP contribution in [-0.4, -0.2) is 56.9 Å². The molecule has 12 heteroatoms. The SMILES string of the molecule is C[C@H]1CN(c2ccc([N+](=O)[O-])cc2Cl)CCN1/C(=N\O)c1nonc1N. The van der Waals surface area contributed by atoms with Crippen molar-refractivity contribution in [2.75, 3.05) is 30.3 Å². The van der Waals surface area contributed by atoms with E-state index in [2.05, 4.69) is 20.1 Å². The molecule has 2 heterocycles. The summed E-state index contributed by atoms with van der Waals surface area (Å²) in [6.07, 6.45) is 0. The fourth-order valence-electron chi connectivity index (χ4n) is 2.95. The Morgan fingerprint density at radius 1 is 1.50 bits per heavy atom. The average molecular weight is 382 g/mol. The van der Waals surface area contributed by atoms with Crippen molar-refractivity contribution < 1.29 is 14.8 Å². The number of nitrogens with zero attached hydrogens (tertiary/aromatic N) is 6. The second-order valence-corrected chi connectivity index (χ2v) is 6.21. The van der Waals surface area contributed by atoms with Gasteiger partial charge in [0.15, 0.2) is 11.5 Å². The molecule has 1 saturated heterocycles. The van der Waals surface area contributed by atoms with Gasteiger partial charge >= 0.3 is 0 Å². The molecule has 3 rings (SSSR count). The molecule has 1 aromatic carbocycles. The summed E-state index contributed by atoms with van der Waals surface area (Å²) < 4.78 is 4.56. The highest BCUT2D eigenvalue weighted by Crippen LogP contribution is 2.31. The van der Waals surface area contributed by atoms with E-state index in [4.69, 9.17) is 17.3 Å². The van der Waals surface area contributed by atoms with E-state index in [1.54, 1.807) is 6.07 Å². The molecule has 0 spiro atoms. The second-order valence-electron chi connectivity index (χ2n) is 5.80. The topological polar surface area (TPSA) is 147 Å². The van der Waals surface area contributed by atoms with Gasteiger partial charge < -0.3 is 20.7 Å². The van der Waals surface area contributed by atoms with Gasteiger partial charge in [-0.3, -0.25) is 10.1 Å². The quantitative estimate of drug-likeness (QED) is 0.265. The first kappa shape index (κ1) is 17.7. The fourth-order valence-corrected chi connectivity index (χ4v) is 3.24. The molecular weight excluding hydrogens is 366 g/mol. The van der Waals surface area contributed by atoms with Crippen molar-refractivity contribution in [2.45, 2.75) is 13.0 Å². The van der Waals surface area contributed by atoms with Crippen LogP contribution in [0.5, 0.6) is 0 Å². The first-order chi connectivity index (χ1) is 12.4. The third kappa shape index (κ3) is 3.20. The van der Waals surface area contributed by atoms with Crippen LogP contribution in [-0.2, 0) is 0 Å². The third-order valence-corrected chi connectivity index (χ3v) is 4.51. The van der Waals surface area contributed by atoms with E-state index in [1.807, 2.05) is 16.7 Å². The number of nitro groups is 1. The van der Waals surface area contributed by atoms with Gasteiger partial charge in [0.05, 0.1) is 15.6 Å². The monoisotopic (exact) mass is 381 g/mol. The van der Waals surface area contributed by atoms with Crippen LogP contribution in [0.1, 0.15) is 12.6 Å². The molecule has 0 radical (unpaired) electrons. The lowest BCUT2D eigenvalue weighted by molar-refractivity contribution is -0.384. The number of benzene rings is 1. The number of amidine groups is 1. The number of hydrogen-bond donors (Lipinski definition) is 2. The summed E-state index contributed by atoms with van der Waals surface area (Å²) in [5, 5.41) is 31.0. The standard InChI is InChI=1S/C14H16ClN7O4/c1-8-7-20(11-3-2-9(22(24)25)6-10(11)15)4-5-21(8)14(17-23)12-13(16)19-26-18-12/h2-3,6,8,23H,4-5,7H2,1H3,(H2,16,19)/b17-14-/t8-/m0/s1. The van der Waals surface area contributed by atoms with Gasteiger partial charge in [-0.2, -0.15) is 0 Å². The molecule has 0 saturated carbocycles. The van der Waals surface area contributed by atoms with Crippen LogP contribution < -0.4 is 10.6 Å². The molecule has 0 aliphatic carbocycles. The van der Waals surface area contributed by atoms with Crippen LogP contribution in [0.2, 0.25) is 5.02 Å². The van der Waals surface area contributed by atoms with Crippen LogP contribution >= 0.6 is 11.6 Å². The predicted molar refractivity (Wildman–Crippen MR) is 93.5 cm³/mol. The van der Waals surface area contributed by atoms with Crippen molar-refractivity contribution in [2.24, 2.45) is 5.16 Å². The molecule has 0 amide bonds. The average Bonchev–Trinajstić information content (AvgIpc) is 3.02. The highest BCUT2D eigenvalue weighted by Gasteiger charge is 2.31. The summed E-state index contributed by atoms with van der Waals surface area (Å²) >= 11 is 6.21. The molecule has 1 aromatic heterocycles. The Balaban J connectivity index is 1.78. The van der Waals surface area contributed by atoms with Crippen molar-refractivity contribution in [1.82, 2.24) is 15.2 Å². The molecule has 1 fully saturated rings. The van der Waals surface area contributed by atoms with Crippen molar-refractivity contribution >= 4 is 34.6 Å². The molecule has 11 nitrogen and oxygen atoms in total. The lowest BCUT2D eigenvalue weighted by Gasteiger charge is -2.41. The van der Waals surface area contributed by atoms with Crippen LogP contribution in [0, 0.1) is 10.1 Å². The van der Waals surface area contributed by atoms with Crippen molar-refractivity contribution in [3.8, 4) is 0 Å². The molecule has 1 aliphatic heterocycles. The van der Waals surface area contributed by atoms with Crippen molar-refractivity contribution in [1.29, 1.82) is 0 Å². The Morgan fingerprint density at radius 2 is 2.27 bits per heavy atom. The van der Waals surface area contributed by atoms with E-state index in [1.165, 1.54) is 12.1 Å². The third-order valence-electron chi connectivity index (χ3n) is 4.20. The number of rotatable bonds is 3. The predicted octanol–water partition coefficient (Wildman–Crippen LogP) is 1.56. The smallest absolute Gasteiger partial charge is 0.271 e. The Morgan fingerprint density at radius 3 is 2.81 bits per heavy atom. The number of hydrogen-bond acceptors (Lipinski definition) is 9. The number of nitro benzene ring substituents is 1. The number of nitrogens with two attached hydrogens (primary N) is 1. The Labute approximate surface area is 152 Å². The molecule has 1 aliphatic rings. The molecule has 0 bridgehead atoms. The lowest BCUT2D eigenvalue weighted by Crippen LogP contribution is -2.54. The van der Waals surface area contributed by atoms with Gasteiger partial charge in [0.1, 0.15) is 0 Å². The summed E-state index contributed by atoms with van der Waals surface area (Å²) in [6.45, 7) is 3.51. The van der Waals surface area contributed by atoms with E-state index in [0.29, 0.717) is 30.3 Å². The highest BCUT2D eigenvalue weighted by molar-refractivity contribution is 6.33. The lowest BCUT2D eigenvalue weighted by atomic mass is 10.1. The summed E-state index contributed by atoms with van der Waals surface area (Å²) in [4.78, 5) is 14.2. The van der Waals surface area contributed by atoms with Gasteiger partial charge in [-0.05, 0) is 23.3 Å². The summed E-state index contributed by atoms with van der Waals surface area (Å²) in [5.74, 6) is 0.205. The number of piperazine rings is 1. The van der Waals surface area contributed by atoms with Crippen molar-refractivity contribution in [3.63, 3.8) is 0 Å². The Kier molecular flexibility index (Phi) is 4.80. The van der Waals surface area contributed by atoms with Gasteiger partial charge in [0, 0.05) is 37.8 Å². The Hall–Kier alpha value is -3.08. The van der Waals surface area contributed by atoms with Crippen LogP contribution in [0.25, 0.3) is 0 Å². The zero-order valence-corrected chi connectivity index (χ0v) is 14.5. The van der Waals surface area contributed by atoms with Gasteiger partial charge in [-0.25, -0.2) is 4.63 Å². The summed E-state index contributed by atoms with van der Waals surface area (Å²) in [5.41, 5.74) is 6.49. The molecule has 0 unspecified atom stereocenters. The number of non-ortho nitro benzene ring substituents is 1. The van der Waals surface area contributed by atoms with E-state index >= 15 is 0 Å². The second kappa shape index (κ2) is 7.04. The van der Waals surface area contributed by atoms with Crippen LogP contribution in [0.15, 0.2) is 28.0 Å². The molecule has 3 N–H and O–H groups in total. The van der Waals surface area contributed by atoms with Crippen LogP contribution in [0.4, 0.5) is 17.2 Å². The van der Waals surface area contributed by atoms with Gasteiger partial charge in [0.25, 0.3) is 5.69 Å². The highest BCUT2D eigenvalue weighted by atomic mass is 35.5. The normalized spacial score (nSPS) is 18.2. The molecule has 2 aromatic rings. The largest absolute Gasteiger partial charge is 0.409 e. The minimum atomic E-state index is -0.490. The minimum Gasteiger partial charge on any atom is -0.409 e. The maximum Gasteiger partial charge on any atom is 0.271 e. The Bertz CT molecular complexity index is 856. The minimum absolute atomic E-state index is 0.0332. The van der Waals surface area contributed by atoms with E-state index < -0.39 is 4.92 Å². The maximum atomic E-state index is 10.8. The number of aromatic nitrogens is 2. The molecule has 26 heavy (non-hydrogen) atoms. The molecule has 138 valence electrons. The molecular formula is C14H16ClN7O4. The van der Waals surface area contributed by atoms with E-state index in [-0.39, 0.29) is 29.1 Å². The first-order valence-electron chi connectivity index (χ1n) is 7.68. The van der Waals surface area contributed by atoms with E-state index in [0.717, 1.165) is 0 Å². The van der Waals surface area contributed by atoms with E-state index in [9.17, 15) is 15.3 Å². The summed E-state index contributed by atoms with van der Waals surface area (Å²) in [7, 11) is 0. The van der Waals surface area contributed by atoms with Crippen molar-refractivity contribution in [3.05, 3.63) is 39.0 Å². The first-order valence-corrected chi connectivity index (χ1v) is 8.06. The fraction of sp³-hybridized carbons (Fsp3) is 0.357. The number of halogens is 1. The maximum absolute atomic E-state index is 10.8. The summed E-state index contributed by atoms with van der Waals surface area (Å²) in [6, 6.07) is 4.29. The van der Waals surface area contributed by atoms with Gasteiger partial charge in [0.2, 0.25) is 5.84 Å². The van der Waals surface area contributed by atoms with Crippen LogP contribution in [0.3, 0.4) is 0 Å². The zero-order chi connectivity index (χ0) is 18.8. The number of anilines is 2. The molecule has 1 atom stereocenters. The zero-order valence-electron chi connectivity index (χ0n) is 13.7.